The highest BCUT2D eigenvalue weighted by Crippen LogP contribution is 2.45. The van der Waals surface area contributed by atoms with Crippen molar-refractivity contribution in [2.45, 2.75) is 47.0 Å². The number of hydrogen-bond donors (Lipinski definition) is 0. The average molecular weight is 353 g/mol. The van der Waals surface area contributed by atoms with E-state index in [0.717, 1.165) is 0 Å². The van der Waals surface area contributed by atoms with Crippen LogP contribution in [0.3, 0.4) is 0 Å². The molecule has 0 bridgehead atoms. The molecule has 0 nitrogen and oxygen atoms in total. The first kappa shape index (κ1) is 17.8. The molecule has 0 saturated carbocycles. The highest BCUT2D eigenvalue weighted by Gasteiger charge is 2.25. The van der Waals surface area contributed by atoms with Crippen LogP contribution in [0.5, 0.6) is 0 Å². The van der Waals surface area contributed by atoms with E-state index in [1.807, 2.05) is 0 Å². The molecule has 4 aliphatic carbocycles. The van der Waals surface area contributed by atoms with E-state index in [1.165, 1.54) is 55.6 Å². The molecule has 0 aliphatic heterocycles. The van der Waals surface area contributed by atoms with E-state index in [9.17, 15) is 0 Å². The van der Waals surface area contributed by atoms with Crippen molar-refractivity contribution in [3.05, 3.63) is 82.9 Å². The standard InChI is InChI=1S/C27H28/c1-17-10-12-20-16-25(27(4,5)6)26(24(20)13-11-17)21-14-18(2)22-8-7-9-23(22)19(3)15-21/h7-16H,1-6H3. The van der Waals surface area contributed by atoms with Crippen LogP contribution in [-0.4, -0.2) is 0 Å². The van der Waals surface area contributed by atoms with Gasteiger partial charge in [0.05, 0.1) is 0 Å². The number of aryl methyl sites for hydroxylation is 3. The Hall–Kier alpha value is -2.60. The van der Waals surface area contributed by atoms with Crippen LogP contribution < -0.4 is 0 Å². The lowest BCUT2D eigenvalue weighted by molar-refractivity contribution is 0.594. The molecular formula is C27H28. The summed E-state index contributed by atoms with van der Waals surface area (Å²) in [7, 11) is 0. The van der Waals surface area contributed by atoms with E-state index < -0.39 is 0 Å². The van der Waals surface area contributed by atoms with Crippen LogP contribution in [0.15, 0.2) is 60.7 Å². The van der Waals surface area contributed by atoms with Gasteiger partial charge in [0.25, 0.3) is 0 Å². The second-order valence-corrected chi connectivity index (χ2v) is 8.93. The van der Waals surface area contributed by atoms with Gasteiger partial charge in [-0.2, -0.15) is 0 Å². The number of hydrogen-bond acceptors (Lipinski definition) is 0. The van der Waals surface area contributed by atoms with Gasteiger partial charge in [0.1, 0.15) is 0 Å². The Bertz CT molecular complexity index is 1040. The van der Waals surface area contributed by atoms with Gasteiger partial charge >= 0.3 is 0 Å². The van der Waals surface area contributed by atoms with Crippen molar-refractivity contribution < 1.29 is 0 Å². The fourth-order valence-corrected chi connectivity index (χ4v) is 4.22. The van der Waals surface area contributed by atoms with Crippen LogP contribution in [0, 0.1) is 20.8 Å². The van der Waals surface area contributed by atoms with Crippen molar-refractivity contribution in [3.8, 4) is 33.4 Å². The smallest absolute Gasteiger partial charge is 0.00675 e. The first-order chi connectivity index (χ1) is 12.8. The fourth-order valence-electron chi connectivity index (χ4n) is 4.22. The monoisotopic (exact) mass is 352 g/mol. The lowest BCUT2D eigenvalue weighted by Crippen LogP contribution is -2.10. The summed E-state index contributed by atoms with van der Waals surface area (Å²) in [6.45, 7) is 13.6. The predicted octanol–water partition coefficient (Wildman–Crippen LogP) is 7.79. The van der Waals surface area contributed by atoms with Crippen molar-refractivity contribution in [2.75, 3.05) is 0 Å². The van der Waals surface area contributed by atoms with Gasteiger partial charge in [0.15, 0.2) is 0 Å². The second kappa shape index (κ2) is 6.23. The third kappa shape index (κ3) is 3.04. The van der Waals surface area contributed by atoms with Gasteiger partial charge in [-0.1, -0.05) is 80.9 Å². The summed E-state index contributed by atoms with van der Waals surface area (Å²) < 4.78 is 0. The Kier molecular flexibility index (Phi) is 4.11. The summed E-state index contributed by atoms with van der Waals surface area (Å²) in [5.41, 5.74) is 13.6. The Labute approximate surface area is 163 Å². The molecule has 0 amide bonds. The lowest BCUT2D eigenvalue weighted by atomic mass is 9.84. The summed E-state index contributed by atoms with van der Waals surface area (Å²) in [6.07, 6.45) is 0. The van der Waals surface area contributed by atoms with E-state index in [1.54, 1.807) is 0 Å². The summed E-state index contributed by atoms with van der Waals surface area (Å²) >= 11 is 0. The molecule has 0 spiro atoms. The summed E-state index contributed by atoms with van der Waals surface area (Å²) in [5, 5.41) is 0. The van der Waals surface area contributed by atoms with Crippen LogP contribution in [-0.2, 0) is 5.41 Å². The van der Waals surface area contributed by atoms with Gasteiger partial charge in [0, 0.05) is 0 Å². The maximum atomic E-state index is 2.39. The van der Waals surface area contributed by atoms with Crippen molar-refractivity contribution in [2.24, 2.45) is 0 Å². The average Bonchev–Trinajstić information content (AvgIpc) is 3.15. The molecule has 0 N–H and O–H groups in total. The third-order valence-electron chi connectivity index (χ3n) is 5.69. The van der Waals surface area contributed by atoms with E-state index in [4.69, 9.17) is 0 Å². The van der Waals surface area contributed by atoms with Crippen LogP contribution >= 0.6 is 0 Å². The maximum Gasteiger partial charge on any atom is -0.00675 e. The summed E-state index contributed by atoms with van der Waals surface area (Å²) in [4.78, 5) is 0. The topological polar surface area (TPSA) is 0 Å². The molecule has 4 rings (SSSR count). The zero-order valence-corrected chi connectivity index (χ0v) is 17.3. The third-order valence-corrected chi connectivity index (χ3v) is 5.69. The molecule has 0 radical (unpaired) electrons. The summed E-state index contributed by atoms with van der Waals surface area (Å²) in [5.74, 6) is 0. The van der Waals surface area contributed by atoms with Crippen molar-refractivity contribution in [3.63, 3.8) is 0 Å². The predicted molar refractivity (Wildman–Crippen MR) is 118 cm³/mol. The van der Waals surface area contributed by atoms with Crippen molar-refractivity contribution in [1.29, 1.82) is 0 Å². The molecular weight excluding hydrogens is 324 g/mol. The first-order valence-corrected chi connectivity index (χ1v) is 9.80. The zero-order valence-electron chi connectivity index (χ0n) is 17.3. The molecule has 0 heterocycles. The molecule has 0 heteroatoms. The molecule has 0 aromatic rings. The van der Waals surface area contributed by atoms with Gasteiger partial charge in [-0.3, -0.25) is 0 Å². The minimum atomic E-state index is 0.0902. The fraction of sp³-hybridized carbons (Fsp3) is 0.259. The number of rotatable bonds is 1. The molecule has 0 aromatic heterocycles. The molecule has 0 aromatic carbocycles. The van der Waals surface area contributed by atoms with Gasteiger partial charge in [-0.05, 0) is 82.3 Å². The molecule has 0 atom stereocenters. The van der Waals surface area contributed by atoms with Gasteiger partial charge < -0.3 is 0 Å². The summed E-state index contributed by atoms with van der Waals surface area (Å²) in [6, 6.07) is 22.8. The van der Waals surface area contributed by atoms with Crippen molar-refractivity contribution >= 4 is 0 Å². The van der Waals surface area contributed by atoms with Crippen LogP contribution in [0.4, 0.5) is 0 Å². The van der Waals surface area contributed by atoms with E-state index in [2.05, 4.69) is 102 Å². The van der Waals surface area contributed by atoms with Crippen LogP contribution in [0.1, 0.15) is 43.0 Å². The lowest BCUT2D eigenvalue weighted by Gasteiger charge is -2.20. The Morgan fingerprint density at radius 3 is 1.78 bits per heavy atom. The van der Waals surface area contributed by atoms with Crippen molar-refractivity contribution in [1.82, 2.24) is 0 Å². The zero-order chi connectivity index (χ0) is 19.3. The quantitative estimate of drug-likeness (QED) is 0.328. The second-order valence-electron chi connectivity index (χ2n) is 8.93. The molecule has 136 valence electrons. The minimum absolute atomic E-state index is 0.0902. The van der Waals surface area contributed by atoms with E-state index in [-0.39, 0.29) is 5.41 Å². The highest BCUT2D eigenvalue weighted by molar-refractivity contribution is 5.91. The van der Waals surface area contributed by atoms with Gasteiger partial charge in [0.2, 0.25) is 0 Å². The minimum Gasteiger partial charge on any atom is -0.0610 e. The van der Waals surface area contributed by atoms with Crippen LogP contribution in [0.25, 0.3) is 33.4 Å². The Balaban J connectivity index is 2.11. The first-order valence-electron chi connectivity index (χ1n) is 9.80. The Morgan fingerprint density at radius 2 is 1.19 bits per heavy atom. The molecule has 27 heavy (non-hydrogen) atoms. The van der Waals surface area contributed by atoms with Gasteiger partial charge in [-0.25, -0.2) is 0 Å². The maximum absolute atomic E-state index is 2.39. The van der Waals surface area contributed by atoms with Gasteiger partial charge in [-0.15, -0.1) is 0 Å². The molecule has 0 saturated heterocycles. The highest BCUT2D eigenvalue weighted by atomic mass is 14.3. The Morgan fingerprint density at radius 1 is 0.593 bits per heavy atom. The molecule has 4 aliphatic rings. The van der Waals surface area contributed by atoms with Crippen LogP contribution in [0.2, 0.25) is 0 Å². The normalized spacial score (nSPS) is 12.1. The van der Waals surface area contributed by atoms with E-state index in [0.29, 0.717) is 0 Å². The van der Waals surface area contributed by atoms with E-state index >= 15 is 0 Å². The molecule has 0 unspecified atom stereocenters. The largest absolute Gasteiger partial charge is 0.0610 e. The SMILES string of the molecule is Cc1ccc2cc(C(C)(C)C)c(-c3cc(C)c4cccc-4c(C)c3)c-2cc1. The number of fused-ring (bicyclic) bond motifs is 2. The molecule has 0 fully saturated rings.